The summed E-state index contributed by atoms with van der Waals surface area (Å²) in [6, 6.07) is 15.2. The fourth-order valence-electron chi connectivity index (χ4n) is 2.03. The predicted octanol–water partition coefficient (Wildman–Crippen LogP) is 3.90. The van der Waals surface area contributed by atoms with Crippen molar-refractivity contribution < 1.29 is 19.1 Å². The number of ketones is 1. The van der Waals surface area contributed by atoms with Crippen molar-refractivity contribution in [1.82, 2.24) is 0 Å². The van der Waals surface area contributed by atoms with E-state index in [9.17, 15) is 9.59 Å². The number of hydrogen-bond acceptors (Lipinski definition) is 5. The van der Waals surface area contributed by atoms with Crippen LogP contribution in [0.4, 0.5) is 0 Å². The fraction of sp³-hybridized carbons (Fsp3) is 0.211. The Balaban J connectivity index is 1.94. The van der Waals surface area contributed by atoms with Crippen LogP contribution >= 0.6 is 15.9 Å². The highest BCUT2D eigenvalue weighted by atomic mass is 79.9. The largest absolute Gasteiger partial charge is 0.479 e. The van der Waals surface area contributed by atoms with E-state index in [1.807, 2.05) is 6.07 Å². The zero-order valence-electron chi connectivity index (χ0n) is 13.7. The molecule has 0 unspecified atom stereocenters. The van der Waals surface area contributed by atoms with Gasteiger partial charge in [0.05, 0.1) is 11.6 Å². The van der Waals surface area contributed by atoms with Gasteiger partial charge in [-0.2, -0.15) is 5.26 Å². The quantitative estimate of drug-likeness (QED) is 0.541. The number of rotatable bonds is 6. The number of ether oxygens (including phenoxy) is 2. The number of carbonyl (C=O) groups is 2. The monoisotopic (exact) mass is 401 g/mol. The Morgan fingerprint density at radius 1 is 1.00 bits per heavy atom. The molecule has 6 heteroatoms. The highest BCUT2D eigenvalue weighted by Crippen LogP contribution is 2.16. The highest BCUT2D eigenvalue weighted by Gasteiger charge is 2.24. The number of hydrogen-bond donors (Lipinski definition) is 0. The van der Waals surface area contributed by atoms with Crippen LogP contribution < -0.4 is 4.74 Å². The van der Waals surface area contributed by atoms with Crippen LogP contribution in [0.15, 0.2) is 53.0 Å². The normalized spacial score (nSPS) is 12.6. The predicted molar refractivity (Wildman–Crippen MR) is 95.3 cm³/mol. The van der Waals surface area contributed by atoms with Crippen LogP contribution in [0.3, 0.4) is 0 Å². The van der Waals surface area contributed by atoms with Gasteiger partial charge in [-0.3, -0.25) is 4.79 Å². The van der Waals surface area contributed by atoms with E-state index in [2.05, 4.69) is 15.9 Å². The van der Waals surface area contributed by atoms with Gasteiger partial charge in [0.2, 0.25) is 5.78 Å². The Hall–Kier alpha value is -2.65. The van der Waals surface area contributed by atoms with Gasteiger partial charge in [-0.25, -0.2) is 4.79 Å². The van der Waals surface area contributed by atoms with Crippen LogP contribution in [0.1, 0.15) is 29.8 Å². The zero-order valence-corrected chi connectivity index (χ0v) is 15.3. The van der Waals surface area contributed by atoms with Gasteiger partial charge in [-0.15, -0.1) is 0 Å². The van der Waals surface area contributed by atoms with Crippen molar-refractivity contribution in [2.75, 3.05) is 0 Å². The smallest absolute Gasteiger partial charge is 0.347 e. The van der Waals surface area contributed by atoms with Gasteiger partial charge in [0, 0.05) is 10.0 Å². The minimum atomic E-state index is -0.916. The molecule has 2 atom stereocenters. The second kappa shape index (κ2) is 8.45. The van der Waals surface area contributed by atoms with Crippen LogP contribution in [0.2, 0.25) is 0 Å². The van der Waals surface area contributed by atoms with E-state index >= 15 is 0 Å². The molecule has 0 aliphatic carbocycles. The Bertz CT molecular complexity index is 794. The minimum Gasteiger partial charge on any atom is -0.479 e. The molecule has 0 amide bonds. The maximum atomic E-state index is 12.3. The number of Topliss-reactive ketones (excluding diaryl/α,β-unsaturated/α-hetero) is 1. The first-order valence-electron chi connectivity index (χ1n) is 7.58. The molecule has 128 valence electrons. The van der Waals surface area contributed by atoms with Crippen molar-refractivity contribution in [2.24, 2.45) is 0 Å². The topological polar surface area (TPSA) is 76.4 Å². The van der Waals surface area contributed by atoms with Crippen molar-refractivity contribution in [3.05, 3.63) is 64.1 Å². The van der Waals surface area contributed by atoms with Gasteiger partial charge in [-0.1, -0.05) is 28.1 Å². The lowest BCUT2D eigenvalue weighted by atomic mass is 10.1. The number of esters is 1. The third-order valence-corrected chi connectivity index (χ3v) is 3.95. The molecule has 2 rings (SSSR count). The SMILES string of the molecule is C[C@@H](Oc1ccc(C#N)cc1)C(=O)O[C@H](C)C(=O)c1ccc(Br)cc1. The Kier molecular flexibility index (Phi) is 6.31. The standard InChI is InChI=1S/C19H16BrNO4/c1-12(18(22)15-5-7-16(20)8-6-15)25-19(23)13(2)24-17-9-3-14(11-21)4-10-17/h3-10,12-13H,1-2H3/t12-,13-/m1/s1. The van der Waals surface area contributed by atoms with E-state index < -0.39 is 18.2 Å². The Labute approximate surface area is 154 Å². The van der Waals surface area contributed by atoms with E-state index in [4.69, 9.17) is 14.7 Å². The first kappa shape index (κ1) is 18.7. The molecular formula is C19H16BrNO4. The number of benzene rings is 2. The summed E-state index contributed by atoms with van der Waals surface area (Å²) in [5, 5.41) is 8.76. The van der Waals surface area contributed by atoms with Crippen LogP contribution in [0.5, 0.6) is 5.75 Å². The minimum absolute atomic E-state index is 0.286. The Morgan fingerprint density at radius 3 is 2.16 bits per heavy atom. The van der Waals surface area contributed by atoms with Gasteiger partial charge < -0.3 is 9.47 Å². The van der Waals surface area contributed by atoms with Crippen molar-refractivity contribution in [3.8, 4) is 11.8 Å². The number of halogens is 1. The Morgan fingerprint density at radius 2 is 1.60 bits per heavy atom. The van der Waals surface area contributed by atoms with E-state index in [0.29, 0.717) is 16.9 Å². The molecule has 0 aliphatic rings. The average Bonchev–Trinajstić information content (AvgIpc) is 2.62. The van der Waals surface area contributed by atoms with Crippen molar-refractivity contribution >= 4 is 27.7 Å². The molecule has 0 spiro atoms. The molecular weight excluding hydrogens is 386 g/mol. The maximum absolute atomic E-state index is 12.3. The van der Waals surface area contributed by atoms with Crippen LogP contribution in [-0.4, -0.2) is 24.0 Å². The first-order chi connectivity index (χ1) is 11.9. The molecule has 2 aromatic rings. The van der Waals surface area contributed by atoms with Gasteiger partial charge in [0.25, 0.3) is 0 Å². The van der Waals surface area contributed by atoms with Gasteiger partial charge in [0.1, 0.15) is 5.75 Å². The van der Waals surface area contributed by atoms with Crippen LogP contribution in [0.25, 0.3) is 0 Å². The van der Waals surface area contributed by atoms with Crippen molar-refractivity contribution in [1.29, 1.82) is 5.26 Å². The summed E-state index contributed by atoms with van der Waals surface area (Å²) in [5.41, 5.74) is 0.959. The molecule has 0 fully saturated rings. The molecule has 2 aromatic carbocycles. The van der Waals surface area contributed by atoms with E-state index in [-0.39, 0.29) is 5.78 Å². The first-order valence-corrected chi connectivity index (χ1v) is 8.37. The summed E-state index contributed by atoms with van der Waals surface area (Å²) >= 11 is 3.30. The lowest BCUT2D eigenvalue weighted by Crippen LogP contribution is -2.32. The van der Waals surface area contributed by atoms with Crippen LogP contribution in [-0.2, 0) is 9.53 Å². The summed E-state index contributed by atoms with van der Waals surface area (Å²) in [6.45, 7) is 3.06. The molecule has 0 heterocycles. The molecule has 0 saturated heterocycles. The number of nitriles is 1. The molecule has 0 radical (unpaired) electrons. The molecule has 0 saturated carbocycles. The molecule has 0 N–H and O–H groups in total. The van der Waals surface area contributed by atoms with E-state index in [1.165, 1.54) is 13.8 Å². The zero-order chi connectivity index (χ0) is 18.4. The van der Waals surface area contributed by atoms with E-state index in [1.54, 1.807) is 48.5 Å². The third-order valence-electron chi connectivity index (χ3n) is 3.42. The molecule has 0 bridgehead atoms. The van der Waals surface area contributed by atoms with Gasteiger partial charge in [-0.05, 0) is 50.2 Å². The van der Waals surface area contributed by atoms with Crippen molar-refractivity contribution in [3.63, 3.8) is 0 Å². The second-order valence-corrected chi connectivity index (χ2v) is 6.26. The average molecular weight is 402 g/mol. The maximum Gasteiger partial charge on any atom is 0.347 e. The van der Waals surface area contributed by atoms with Crippen LogP contribution in [0, 0.1) is 11.3 Å². The van der Waals surface area contributed by atoms with Crippen molar-refractivity contribution in [2.45, 2.75) is 26.1 Å². The fourth-order valence-corrected chi connectivity index (χ4v) is 2.30. The molecule has 0 aromatic heterocycles. The highest BCUT2D eigenvalue weighted by molar-refractivity contribution is 9.10. The summed E-state index contributed by atoms with van der Waals surface area (Å²) in [6.07, 6.45) is -1.80. The summed E-state index contributed by atoms with van der Waals surface area (Å²) < 4.78 is 11.5. The summed E-state index contributed by atoms with van der Waals surface area (Å²) in [4.78, 5) is 24.4. The number of nitrogens with zero attached hydrogens (tertiary/aromatic N) is 1. The molecule has 25 heavy (non-hydrogen) atoms. The van der Waals surface area contributed by atoms with Gasteiger partial charge >= 0.3 is 5.97 Å². The third kappa shape index (κ3) is 5.16. The lowest BCUT2D eigenvalue weighted by Gasteiger charge is -2.17. The van der Waals surface area contributed by atoms with Gasteiger partial charge in [0.15, 0.2) is 12.2 Å². The van der Waals surface area contributed by atoms with E-state index in [0.717, 1.165) is 4.47 Å². The summed E-state index contributed by atoms with van der Waals surface area (Å²) in [5.74, 6) is -0.482. The molecule has 5 nitrogen and oxygen atoms in total. The molecule has 0 aliphatic heterocycles. The number of carbonyl (C=O) groups excluding carboxylic acids is 2. The lowest BCUT2D eigenvalue weighted by molar-refractivity contribution is -0.153. The second-order valence-electron chi connectivity index (χ2n) is 5.35. The summed E-state index contributed by atoms with van der Waals surface area (Å²) in [7, 11) is 0.